The van der Waals surface area contributed by atoms with Gasteiger partial charge < -0.3 is 10.6 Å². The van der Waals surface area contributed by atoms with Gasteiger partial charge >= 0.3 is 0 Å². The third-order valence-corrected chi connectivity index (χ3v) is 7.61. The molecule has 1 saturated carbocycles. The average Bonchev–Trinajstić information content (AvgIpc) is 3.32. The van der Waals surface area contributed by atoms with Crippen LogP contribution in [-0.4, -0.2) is 46.9 Å². The predicted octanol–water partition coefficient (Wildman–Crippen LogP) is 4.07. The van der Waals surface area contributed by atoms with Crippen molar-refractivity contribution in [1.82, 2.24) is 20.5 Å². The summed E-state index contributed by atoms with van der Waals surface area (Å²) in [7, 11) is 0. The molecular weight excluding hydrogens is 450 g/mol. The number of benzene rings is 1. The number of hydrogen-bond acceptors (Lipinski definition) is 5. The van der Waals surface area contributed by atoms with Crippen LogP contribution in [0.25, 0.3) is 0 Å². The highest BCUT2D eigenvalue weighted by atomic mass is 16.2. The normalized spacial score (nSPS) is 21.4. The smallest absolute Gasteiger partial charge is 0.251 e. The highest BCUT2D eigenvalue weighted by Crippen LogP contribution is 2.31. The van der Waals surface area contributed by atoms with Gasteiger partial charge in [-0.25, -0.2) is 0 Å². The Kier molecular flexibility index (Phi) is 9.07. The number of likely N-dealkylation sites (tertiary alicyclic amines) is 1. The van der Waals surface area contributed by atoms with Gasteiger partial charge in [0, 0.05) is 50.1 Å². The third kappa shape index (κ3) is 7.14. The van der Waals surface area contributed by atoms with E-state index in [1.165, 1.54) is 24.8 Å². The molecule has 2 fully saturated rings. The standard InChI is InChI=1S/C29H37N5O2/c30-21-29(14-18-34(22-29)20-24-9-5-2-6-10-24)33-28(36)26(19-23-7-3-1-4-8-23)13-17-32-27(35)25-11-15-31-16-12-25/h2,5-6,9-12,15-16,23,26H,1,3-4,7-8,13-14,17-20,22H2,(H,32,35)(H,33,36). The fourth-order valence-electron chi connectivity index (χ4n) is 5.57. The Labute approximate surface area is 214 Å². The molecule has 7 heteroatoms. The van der Waals surface area contributed by atoms with E-state index in [1.807, 2.05) is 18.2 Å². The average molecular weight is 488 g/mol. The van der Waals surface area contributed by atoms with Crippen LogP contribution in [0.4, 0.5) is 0 Å². The topological polar surface area (TPSA) is 98.1 Å². The second-order valence-electron chi connectivity index (χ2n) is 10.3. The maximum atomic E-state index is 13.5. The number of carbonyl (C=O) groups excluding carboxylic acids is 2. The summed E-state index contributed by atoms with van der Waals surface area (Å²) in [6.45, 7) is 2.50. The van der Waals surface area contributed by atoms with Gasteiger partial charge in [0.1, 0.15) is 5.54 Å². The third-order valence-electron chi connectivity index (χ3n) is 7.61. The zero-order chi connectivity index (χ0) is 25.2. The zero-order valence-electron chi connectivity index (χ0n) is 21.0. The summed E-state index contributed by atoms with van der Waals surface area (Å²) >= 11 is 0. The molecule has 190 valence electrons. The molecule has 1 saturated heterocycles. The van der Waals surface area contributed by atoms with E-state index in [1.54, 1.807) is 24.5 Å². The second kappa shape index (κ2) is 12.6. The highest BCUT2D eigenvalue weighted by Gasteiger charge is 2.41. The molecule has 2 N–H and O–H groups in total. The highest BCUT2D eigenvalue weighted by molar-refractivity contribution is 5.94. The fraction of sp³-hybridized carbons (Fsp3) is 0.517. The summed E-state index contributed by atoms with van der Waals surface area (Å²) in [5, 5.41) is 16.2. The number of carbonyl (C=O) groups is 2. The SMILES string of the molecule is N#CC1(NC(=O)C(CCNC(=O)c2ccncc2)CC2CCCCC2)CCN(Cc2ccccc2)C1. The predicted molar refractivity (Wildman–Crippen MR) is 139 cm³/mol. The largest absolute Gasteiger partial charge is 0.352 e. The lowest BCUT2D eigenvalue weighted by Gasteiger charge is -2.29. The van der Waals surface area contributed by atoms with Crippen LogP contribution in [0.5, 0.6) is 0 Å². The Morgan fingerprint density at radius 3 is 2.58 bits per heavy atom. The number of nitrogens with zero attached hydrogens (tertiary/aromatic N) is 3. The first-order chi connectivity index (χ1) is 17.6. The molecule has 1 aromatic carbocycles. The summed E-state index contributed by atoms with van der Waals surface area (Å²) in [6, 6.07) is 16.0. The quantitative estimate of drug-likeness (QED) is 0.526. The molecule has 36 heavy (non-hydrogen) atoms. The van der Waals surface area contributed by atoms with Crippen LogP contribution in [0.2, 0.25) is 0 Å². The molecule has 2 aromatic rings. The van der Waals surface area contributed by atoms with Crippen molar-refractivity contribution in [2.75, 3.05) is 19.6 Å². The molecule has 1 aromatic heterocycles. The molecule has 2 aliphatic rings. The molecule has 1 aliphatic heterocycles. The van der Waals surface area contributed by atoms with Crippen molar-refractivity contribution in [2.24, 2.45) is 11.8 Å². The van der Waals surface area contributed by atoms with E-state index < -0.39 is 5.54 Å². The molecule has 1 aliphatic carbocycles. The van der Waals surface area contributed by atoms with Crippen molar-refractivity contribution in [3.63, 3.8) is 0 Å². The summed E-state index contributed by atoms with van der Waals surface area (Å²) in [5.74, 6) is 0.0951. The lowest BCUT2D eigenvalue weighted by atomic mass is 9.81. The van der Waals surface area contributed by atoms with E-state index >= 15 is 0 Å². The van der Waals surface area contributed by atoms with E-state index in [9.17, 15) is 14.9 Å². The Bertz CT molecular complexity index is 1030. The Morgan fingerprint density at radius 1 is 1.11 bits per heavy atom. The van der Waals surface area contributed by atoms with Crippen LogP contribution < -0.4 is 10.6 Å². The zero-order valence-corrected chi connectivity index (χ0v) is 21.0. The maximum Gasteiger partial charge on any atom is 0.251 e. The van der Waals surface area contributed by atoms with Gasteiger partial charge in [-0.15, -0.1) is 0 Å². The van der Waals surface area contributed by atoms with Crippen molar-refractivity contribution < 1.29 is 9.59 Å². The fourth-order valence-corrected chi connectivity index (χ4v) is 5.57. The number of pyridine rings is 1. The van der Waals surface area contributed by atoms with Crippen molar-refractivity contribution >= 4 is 11.8 Å². The van der Waals surface area contributed by atoms with Crippen LogP contribution >= 0.6 is 0 Å². The van der Waals surface area contributed by atoms with Crippen molar-refractivity contribution in [2.45, 2.75) is 63.5 Å². The van der Waals surface area contributed by atoms with E-state index in [0.29, 0.717) is 37.4 Å². The van der Waals surface area contributed by atoms with Gasteiger partial charge in [0.15, 0.2) is 0 Å². The van der Waals surface area contributed by atoms with Crippen molar-refractivity contribution in [3.05, 3.63) is 66.0 Å². The summed E-state index contributed by atoms with van der Waals surface area (Å²) < 4.78 is 0. The number of rotatable bonds is 10. The van der Waals surface area contributed by atoms with E-state index in [-0.39, 0.29) is 17.7 Å². The Balaban J connectivity index is 1.36. The lowest BCUT2D eigenvalue weighted by molar-refractivity contribution is -0.127. The first-order valence-corrected chi connectivity index (χ1v) is 13.2. The van der Waals surface area contributed by atoms with Crippen LogP contribution in [-0.2, 0) is 11.3 Å². The number of hydrogen-bond donors (Lipinski definition) is 2. The minimum Gasteiger partial charge on any atom is -0.352 e. The van der Waals surface area contributed by atoms with Gasteiger partial charge in [0.2, 0.25) is 5.91 Å². The number of amides is 2. The molecule has 2 unspecified atom stereocenters. The van der Waals surface area contributed by atoms with Gasteiger partial charge in [-0.3, -0.25) is 19.5 Å². The van der Waals surface area contributed by atoms with Crippen molar-refractivity contribution in [1.29, 1.82) is 5.26 Å². The van der Waals surface area contributed by atoms with Crippen LogP contribution in [0, 0.1) is 23.2 Å². The van der Waals surface area contributed by atoms with Crippen molar-refractivity contribution in [3.8, 4) is 6.07 Å². The molecule has 0 bridgehead atoms. The second-order valence-corrected chi connectivity index (χ2v) is 10.3. The van der Waals surface area contributed by atoms with Crippen LogP contribution in [0.3, 0.4) is 0 Å². The molecule has 4 rings (SSSR count). The first kappa shape index (κ1) is 25.8. The summed E-state index contributed by atoms with van der Waals surface area (Å²) in [4.78, 5) is 32.2. The summed E-state index contributed by atoms with van der Waals surface area (Å²) in [6.07, 6.45) is 11.2. The Hall–Kier alpha value is -3.24. The maximum absolute atomic E-state index is 13.5. The molecule has 2 amide bonds. The molecule has 2 heterocycles. The van der Waals surface area contributed by atoms with E-state index in [4.69, 9.17) is 0 Å². The molecule has 0 spiro atoms. The van der Waals surface area contributed by atoms with E-state index in [0.717, 1.165) is 32.4 Å². The van der Waals surface area contributed by atoms with Gasteiger partial charge in [-0.05, 0) is 42.9 Å². The minimum absolute atomic E-state index is 0.0538. The van der Waals surface area contributed by atoms with Crippen LogP contribution in [0.1, 0.15) is 67.3 Å². The number of nitriles is 1. The molecule has 2 atom stereocenters. The number of aromatic nitrogens is 1. The monoisotopic (exact) mass is 487 g/mol. The number of nitrogens with one attached hydrogen (secondary N) is 2. The minimum atomic E-state index is -0.864. The van der Waals surface area contributed by atoms with Crippen LogP contribution in [0.15, 0.2) is 54.9 Å². The van der Waals surface area contributed by atoms with Gasteiger partial charge in [0.25, 0.3) is 5.91 Å². The first-order valence-electron chi connectivity index (χ1n) is 13.2. The van der Waals surface area contributed by atoms with Gasteiger partial charge in [-0.1, -0.05) is 62.4 Å². The lowest BCUT2D eigenvalue weighted by Crippen LogP contribution is -2.51. The van der Waals surface area contributed by atoms with Gasteiger partial charge in [0.05, 0.1) is 6.07 Å². The van der Waals surface area contributed by atoms with Gasteiger partial charge in [-0.2, -0.15) is 5.26 Å². The Morgan fingerprint density at radius 2 is 1.86 bits per heavy atom. The molecular formula is C29H37N5O2. The molecule has 0 radical (unpaired) electrons. The summed E-state index contributed by atoms with van der Waals surface area (Å²) in [5.41, 5.74) is 0.903. The van der Waals surface area contributed by atoms with E-state index in [2.05, 4.69) is 38.7 Å². The molecule has 7 nitrogen and oxygen atoms in total.